The first-order chi connectivity index (χ1) is 17.1. The fourth-order valence-electron chi connectivity index (χ4n) is 3.59. The molecule has 0 heterocycles. The molecule has 0 unspecified atom stereocenters. The number of nitrogens with one attached hydrogen (secondary N) is 2. The summed E-state index contributed by atoms with van der Waals surface area (Å²) in [6, 6.07) is 14.2. The molecule has 2 aromatic rings. The number of amides is 2. The zero-order chi connectivity index (χ0) is 26.7. The molecule has 0 saturated heterocycles. The van der Waals surface area contributed by atoms with E-state index >= 15 is 0 Å². The zero-order valence-corrected chi connectivity index (χ0v) is 21.6. The summed E-state index contributed by atoms with van der Waals surface area (Å²) in [6.45, 7) is 0.805. The van der Waals surface area contributed by atoms with Crippen molar-refractivity contribution in [1.82, 2.24) is 14.9 Å². The van der Waals surface area contributed by atoms with Crippen LogP contribution in [0.1, 0.15) is 25.3 Å². The molecule has 11 heteroatoms. The van der Waals surface area contributed by atoms with Crippen LogP contribution >= 0.6 is 0 Å². The van der Waals surface area contributed by atoms with E-state index in [0.29, 0.717) is 5.75 Å². The number of methoxy groups -OCH3 is 1. The van der Waals surface area contributed by atoms with Crippen molar-refractivity contribution in [1.29, 1.82) is 0 Å². The predicted molar refractivity (Wildman–Crippen MR) is 135 cm³/mol. The standard InChI is InChI=1S/C25H35N3O7S/c1-18(29)16-28(36(33,34)21-11-7-10-20(15-21)35-3)17-23(30)22(14-19-8-5-4-6-9-19)27-25(32)13-12-24(31)26-2/h4-11,15,18,22-23,29-30H,12-14,16-17H2,1-3H3,(H,26,31)(H,27,32)/t18-,22+,23-/m1/s1. The maximum atomic E-state index is 13.4. The molecule has 0 fully saturated rings. The van der Waals surface area contributed by atoms with Gasteiger partial charge in [0.15, 0.2) is 0 Å². The number of carbonyl (C=O) groups excluding carboxylic acids is 2. The van der Waals surface area contributed by atoms with Gasteiger partial charge in [-0.15, -0.1) is 0 Å². The van der Waals surface area contributed by atoms with Gasteiger partial charge in [0, 0.05) is 39.0 Å². The highest BCUT2D eigenvalue weighted by molar-refractivity contribution is 7.89. The molecule has 36 heavy (non-hydrogen) atoms. The lowest BCUT2D eigenvalue weighted by Crippen LogP contribution is -2.51. The van der Waals surface area contributed by atoms with E-state index in [1.165, 1.54) is 39.3 Å². The van der Waals surface area contributed by atoms with Gasteiger partial charge in [-0.05, 0) is 31.0 Å². The highest BCUT2D eigenvalue weighted by atomic mass is 32.2. The van der Waals surface area contributed by atoms with Crippen LogP contribution in [0.3, 0.4) is 0 Å². The molecule has 0 bridgehead atoms. The number of ether oxygens (including phenoxy) is 1. The third kappa shape index (κ3) is 8.90. The molecule has 2 amide bonds. The summed E-state index contributed by atoms with van der Waals surface area (Å²) < 4.78 is 32.9. The van der Waals surface area contributed by atoms with Gasteiger partial charge in [0.2, 0.25) is 21.8 Å². The van der Waals surface area contributed by atoms with Gasteiger partial charge in [-0.2, -0.15) is 4.31 Å². The highest BCUT2D eigenvalue weighted by Gasteiger charge is 2.32. The van der Waals surface area contributed by atoms with Crippen molar-refractivity contribution in [2.45, 2.75) is 49.3 Å². The Balaban J connectivity index is 2.29. The van der Waals surface area contributed by atoms with Crippen LogP contribution in [0.25, 0.3) is 0 Å². The molecule has 0 aliphatic carbocycles. The lowest BCUT2D eigenvalue weighted by molar-refractivity contribution is -0.127. The molecule has 0 spiro atoms. The van der Waals surface area contributed by atoms with Gasteiger partial charge in [-0.25, -0.2) is 8.42 Å². The molecule has 4 N–H and O–H groups in total. The normalized spacial score (nSPS) is 14.1. The highest BCUT2D eigenvalue weighted by Crippen LogP contribution is 2.22. The van der Waals surface area contributed by atoms with Gasteiger partial charge in [-0.3, -0.25) is 9.59 Å². The molecular formula is C25H35N3O7S. The van der Waals surface area contributed by atoms with Crippen LogP contribution in [0.4, 0.5) is 0 Å². The first kappa shape index (κ1) is 29.2. The second kappa shape index (κ2) is 13.9. The van der Waals surface area contributed by atoms with E-state index in [0.717, 1.165) is 9.87 Å². The molecule has 0 aromatic heterocycles. The smallest absolute Gasteiger partial charge is 0.243 e. The molecule has 2 rings (SSSR count). The molecule has 198 valence electrons. The monoisotopic (exact) mass is 521 g/mol. The van der Waals surface area contributed by atoms with Crippen LogP contribution in [-0.2, 0) is 26.0 Å². The summed E-state index contributed by atoms with van der Waals surface area (Å²) >= 11 is 0. The molecule has 3 atom stereocenters. The van der Waals surface area contributed by atoms with Crippen molar-refractivity contribution in [2.24, 2.45) is 0 Å². The van der Waals surface area contributed by atoms with Gasteiger partial charge in [0.05, 0.1) is 30.3 Å². The van der Waals surface area contributed by atoms with Crippen molar-refractivity contribution in [3.63, 3.8) is 0 Å². The summed E-state index contributed by atoms with van der Waals surface area (Å²) in [4.78, 5) is 24.0. The van der Waals surface area contributed by atoms with Crippen LogP contribution < -0.4 is 15.4 Å². The quantitative estimate of drug-likeness (QED) is 0.286. The Labute approximate surface area is 212 Å². The first-order valence-electron chi connectivity index (χ1n) is 11.6. The van der Waals surface area contributed by atoms with Crippen LogP contribution in [-0.4, -0.2) is 80.2 Å². The maximum Gasteiger partial charge on any atom is 0.243 e. The Bertz CT molecular complexity index is 1090. The van der Waals surface area contributed by atoms with Crippen molar-refractivity contribution in [2.75, 3.05) is 27.2 Å². The molecule has 10 nitrogen and oxygen atoms in total. The Hall–Kier alpha value is -2.99. The lowest BCUT2D eigenvalue weighted by Gasteiger charge is -2.30. The summed E-state index contributed by atoms with van der Waals surface area (Å²) in [6.07, 6.45) is -2.19. The summed E-state index contributed by atoms with van der Waals surface area (Å²) in [7, 11) is -1.22. The van der Waals surface area contributed by atoms with Crippen LogP contribution in [0.5, 0.6) is 5.75 Å². The van der Waals surface area contributed by atoms with Crippen LogP contribution in [0.15, 0.2) is 59.5 Å². The van der Waals surface area contributed by atoms with Gasteiger partial charge in [-0.1, -0.05) is 36.4 Å². The second-order valence-electron chi connectivity index (χ2n) is 8.45. The van der Waals surface area contributed by atoms with Crippen molar-refractivity contribution < 1.29 is 33.0 Å². The number of aliphatic hydroxyl groups excluding tert-OH is 2. The molecule has 0 aliphatic rings. The minimum atomic E-state index is -4.12. The molecule has 0 radical (unpaired) electrons. The Morgan fingerprint density at radius 3 is 2.28 bits per heavy atom. The molecule has 0 saturated carbocycles. The summed E-state index contributed by atoms with van der Waals surface area (Å²) in [5.74, 6) is -0.395. The Kier molecular flexibility index (Phi) is 11.3. The van der Waals surface area contributed by atoms with Gasteiger partial charge in [0.1, 0.15) is 5.75 Å². The number of aliphatic hydroxyl groups is 2. The van der Waals surface area contributed by atoms with Crippen molar-refractivity contribution in [3.8, 4) is 5.75 Å². The Morgan fingerprint density at radius 2 is 1.67 bits per heavy atom. The van der Waals surface area contributed by atoms with E-state index in [9.17, 15) is 28.2 Å². The third-order valence-corrected chi connectivity index (χ3v) is 7.33. The van der Waals surface area contributed by atoms with Crippen molar-refractivity contribution in [3.05, 3.63) is 60.2 Å². The fourth-order valence-corrected chi connectivity index (χ4v) is 5.17. The van der Waals surface area contributed by atoms with Gasteiger partial charge >= 0.3 is 0 Å². The van der Waals surface area contributed by atoms with Crippen LogP contribution in [0, 0.1) is 0 Å². The van der Waals surface area contributed by atoms with Crippen molar-refractivity contribution >= 4 is 21.8 Å². The number of sulfonamides is 1. The number of rotatable bonds is 14. The van der Waals surface area contributed by atoms with E-state index in [1.807, 2.05) is 30.3 Å². The molecule has 2 aromatic carbocycles. The lowest BCUT2D eigenvalue weighted by atomic mass is 10.0. The number of carbonyl (C=O) groups is 2. The second-order valence-corrected chi connectivity index (χ2v) is 10.4. The maximum absolute atomic E-state index is 13.4. The van der Waals surface area contributed by atoms with E-state index in [4.69, 9.17) is 4.74 Å². The summed E-state index contributed by atoms with van der Waals surface area (Å²) in [5.41, 5.74) is 0.825. The zero-order valence-electron chi connectivity index (χ0n) is 20.8. The third-order valence-electron chi connectivity index (χ3n) is 5.50. The van der Waals surface area contributed by atoms with E-state index in [1.54, 1.807) is 6.07 Å². The fraction of sp³-hybridized carbons (Fsp3) is 0.440. The van der Waals surface area contributed by atoms with Crippen LogP contribution in [0.2, 0.25) is 0 Å². The van der Waals surface area contributed by atoms with E-state index in [2.05, 4.69) is 10.6 Å². The van der Waals surface area contributed by atoms with Gasteiger partial charge < -0.3 is 25.6 Å². The average molecular weight is 522 g/mol. The van der Waals surface area contributed by atoms with E-state index in [-0.39, 0.29) is 43.2 Å². The Morgan fingerprint density at radius 1 is 1.00 bits per heavy atom. The number of hydrogen-bond acceptors (Lipinski definition) is 7. The molecule has 0 aliphatic heterocycles. The van der Waals surface area contributed by atoms with E-state index < -0.39 is 34.2 Å². The largest absolute Gasteiger partial charge is 0.497 e. The molecular weight excluding hydrogens is 486 g/mol. The number of hydrogen-bond donors (Lipinski definition) is 4. The van der Waals surface area contributed by atoms with Gasteiger partial charge in [0.25, 0.3) is 0 Å². The first-order valence-corrected chi connectivity index (χ1v) is 13.0. The minimum absolute atomic E-state index is 0.0190. The minimum Gasteiger partial charge on any atom is -0.497 e. The summed E-state index contributed by atoms with van der Waals surface area (Å²) in [5, 5.41) is 26.3. The number of benzene rings is 2. The SMILES string of the molecule is CNC(=O)CCC(=O)N[C@@H](Cc1ccccc1)[C@H](O)CN(C[C@@H](C)O)S(=O)(=O)c1cccc(OC)c1. The average Bonchev–Trinajstić information content (AvgIpc) is 2.86. The predicted octanol–water partition coefficient (Wildman–Crippen LogP) is 0.681. The topological polar surface area (TPSA) is 145 Å². The number of nitrogens with zero attached hydrogens (tertiary/aromatic N) is 1.